The molecule has 214 valence electrons. The van der Waals surface area contributed by atoms with Crippen molar-refractivity contribution in [3.05, 3.63) is 118 Å². The number of carboxylic acids is 2. The van der Waals surface area contributed by atoms with Gasteiger partial charge in [0.25, 0.3) is 0 Å². The number of aromatic nitrogens is 2. The molecule has 0 radical (unpaired) electrons. The number of nitrogens with zero attached hydrogens (tertiary/aromatic N) is 2. The Labute approximate surface area is 260 Å². The van der Waals surface area contributed by atoms with Gasteiger partial charge in [-0.2, -0.15) is 0 Å². The van der Waals surface area contributed by atoms with Gasteiger partial charge in [0.1, 0.15) is 10.0 Å². The van der Waals surface area contributed by atoms with Crippen molar-refractivity contribution in [1.82, 2.24) is 9.97 Å². The van der Waals surface area contributed by atoms with Crippen molar-refractivity contribution >= 4 is 56.2 Å². The van der Waals surface area contributed by atoms with Crippen molar-refractivity contribution < 1.29 is 19.8 Å². The van der Waals surface area contributed by atoms with Gasteiger partial charge in [-0.3, -0.25) is 0 Å². The molecule has 0 amide bonds. The highest BCUT2D eigenvalue weighted by Crippen LogP contribution is 2.49. The topological polar surface area (TPSA) is 100 Å². The van der Waals surface area contributed by atoms with Gasteiger partial charge >= 0.3 is 11.9 Å². The smallest absolute Gasteiger partial charge is 0.335 e. The van der Waals surface area contributed by atoms with E-state index in [0.717, 1.165) is 63.6 Å². The minimum atomic E-state index is -1.03. The summed E-state index contributed by atoms with van der Waals surface area (Å²) in [6.07, 6.45) is 0. The summed E-state index contributed by atoms with van der Waals surface area (Å²) in [4.78, 5) is 36.6. The molecule has 2 N–H and O–H groups in total. The molecule has 0 unspecified atom stereocenters. The second-order valence-electron chi connectivity index (χ2n) is 10.5. The quantitative estimate of drug-likeness (QED) is 0.181. The first kappa shape index (κ1) is 27.6. The van der Waals surface area contributed by atoms with E-state index in [1.54, 1.807) is 59.1 Å². The molecule has 0 fully saturated rings. The van der Waals surface area contributed by atoms with Crippen LogP contribution in [-0.2, 0) is 0 Å². The highest BCUT2D eigenvalue weighted by atomic mass is 32.1. The monoisotopic (exact) mass is 612 g/mol. The fourth-order valence-electron chi connectivity index (χ4n) is 5.66. The highest BCUT2D eigenvalue weighted by molar-refractivity contribution is 7.15. The molecule has 8 heteroatoms. The molecule has 0 aliphatic heterocycles. The van der Waals surface area contributed by atoms with Gasteiger partial charge in [0.05, 0.1) is 22.5 Å². The summed E-state index contributed by atoms with van der Waals surface area (Å²) in [5.74, 6) is -2.06. The van der Waals surface area contributed by atoms with E-state index in [1.165, 1.54) is 0 Å². The van der Waals surface area contributed by atoms with Gasteiger partial charge in [0.2, 0.25) is 0 Å². The molecule has 5 aromatic carbocycles. The molecule has 7 aromatic rings. The number of hydrogen-bond donors (Lipinski definition) is 2. The fraction of sp³-hybridized carbons (Fsp3) is 0.0556. The Morgan fingerprint density at radius 3 is 1.30 bits per heavy atom. The molecule has 0 saturated heterocycles. The lowest BCUT2D eigenvalue weighted by atomic mass is 9.86. The van der Waals surface area contributed by atoms with E-state index in [4.69, 9.17) is 9.97 Å². The Bertz CT molecular complexity index is 2090. The number of carboxylic acid groups (broad SMARTS) is 2. The van der Waals surface area contributed by atoms with Crippen LogP contribution in [0.4, 0.5) is 0 Å². The lowest BCUT2D eigenvalue weighted by Gasteiger charge is -2.18. The van der Waals surface area contributed by atoms with Gasteiger partial charge in [-0.25, -0.2) is 19.6 Å². The Kier molecular flexibility index (Phi) is 6.80. The van der Waals surface area contributed by atoms with E-state index < -0.39 is 11.9 Å². The van der Waals surface area contributed by atoms with Crippen molar-refractivity contribution in [3.8, 4) is 43.7 Å². The van der Waals surface area contributed by atoms with Crippen molar-refractivity contribution in [3.63, 3.8) is 0 Å². The largest absolute Gasteiger partial charge is 0.478 e. The molecule has 2 aromatic heterocycles. The number of thiazole rings is 2. The lowest BCUT2D eigenvalue weighted by molar-refractivity contribution is 0.0686. The molecular formula is C36H24N2O4S2. The standard InChI is InChI=1S/C36H24N2O4S2/c1-19-31(37-33(43-19)21-9-5-3-6-10-21)29-27-17-23(35(39)40)13-15-25(27)26-16-14-24(36(41)42)18-28(26)30(29)32-20(2)44-34(38-32)22-11-7-4-8-12-22/h3-18H,1-2H3,(H,39,40)(H,41,42). The summed E-state index contributed by atoms with van der Waals surface area (Å²) in [5.41, 5.74) is 5.18. The van der Waals surface area contributed by atoms with Gasteiger partial charge in [-0.1, -0.05) is 72.8 Å². The van der Waals surface area contributed by atoms with Crippen molar-refractivity contribution in [2.75, 3.05) is 0 Å². The third-order valence-electron chi connectivity index (χ3n) is 7.72. The summed E-state index contributed by atoms with van der Waals surface area (Å²) >= 11 is 3.13. The summed E-state index contributed by atoms with van der Waals surface area (Å²) in [7, 11) is 0. The predicted molar refractivity (Wildman–Crippen MR) is 178 cm³/mol. The number of benzene rings is 5. The molecule has 7 rings (SSSR count). The van der Waals surface area contributed by atoms with Crippen LogP contribution >= 0.6 is 22.7 Å². The van der Waals surface area contributed by atoms with Crippen LogP contribution in [0.3, 0.4) is 0 Å². The number of rotatable bonds is 6. The number of hydrogen-bond acceptors (Lipinski definition) is 6. The second kappa shape index (κ2) is 10.8. The number of aryl methyl sites for hydroxylation is 2. The van der Waals surface area contributed by atoms with Crippen LogP contribution in [0.1, 0.15) is 30.5 Å². The van der Waals surface area contributed by atoms with E-state index in [9.17, 15) is 19.8 Å². The molecule has 0 bridgehead atoms. The summed E-state index contributed by atoms with van der Waals surface area (Å²) < 4.78 is 0. The molecule has 44 heavy (non-hydrogen) atoms. The predicted octanol–water partition coefficient (Wildman–Crippen LogP) is 9.59. The molecule has 2 heterocycles. The fourth-order valence-corrected chi connectivity index (χ4v) is 7.51. The molecule has 0 aliphatic rings. The average molecular weight is 613 g/mol. The first-order chi connectivity index (χ1) is 21.3. The van der Waals surface area contributed by atoms with Crippen LogP contribution in [0.5, 0.6) is 0 Å². The van der Waals surface area contributed by atoms with Crippen LogP contribution in [0.2, 0.25) is 0 Å². The van der Waals surface area contributed by atoms with E-state index in [0.29, 0.717) is 11.4 Å². The van der Waals surface area contributed by atoms with Crippen molar-refractivity contribution in [2.45, 2.75) is 13.8 Å². The molecule has 0 saturated carbocycles. The van der Waals surface area contributed by atoms with Gasteiger partial charge in [-0.05, 0) is 59.7 Å². The summed E-state index contributed by atoms with van der Waals surface area (Å²) in [5, 5.41) is 24.7. The van der Waals surface area contributed by atoms with Crippen LogP contribution in [0, 0.1) is 13.8 Å². The third-order valence-corrected chi connectivity index (χ3v) is 9.76. The third kappa shape index (κ3) is 4.65. The van der Waals surface area contributed by atoms with Gasteiger partial charge in [0.15, 0.2) is 0 Å². The Hall–Kier alpha value is -5.18. The first-order valence-electron chi connectivity index (χ1n) is 13.9. The van der Waals surface area contributed by atoms with Crippen LogP contribution < -0.4 is 0 Å². The van der Waals surface area contributed by atoms with Gasteiger partial charge < -0.3 is 10.2 Å². The molecular weight excluding hydrogens is 589 g/mol. The number of aromatic carboxylic acids is 2. The van der Waals surface area contributed by atoms with Crippen molar-refractivity contribution in [1.29, 1.82) is 0 Å². The van der Waals surface area contributed by atoms with E-state index in [1.807, 2.05) is 74.5 Å². The Morgan fingerprint density at radius 1 is 0.545 bits per heavy atom. The van der Waals surface area contributed by atoms with E-state index in [-0.39, 0.29) is 11.1 Å². The summed E-state index contributed by atoms with van der Waals surface area (Å²) in [6, 6.07) is 30.0. The Morgan fingerprint density at radius 2 is 0.932 bits per heavy atom. The van der Waals surface area contributed by atoms with E-state index in [2.05, 4.69) is 0 Å². The lowest BCUT2D eigenvalue weighted by Crippen LogP contribution is -2.00. The number of fused-ring (bicyclic) bond motifs is 3. The normalized spacial score (nSPS) is 11.3. The highest BCUT2D eigenvalue weighted by Gasteiger charge is 2.26. The zero-order valence-corrected chi connectivity index (χ0v) is 25.3. The zero-order chi connectivity index (χ0) is 30.5. The maximum atomic E-state index is 12.2. The SMILES string of the molecule is Cc1sc(-c2ccccc2)nc1-c1c(-c2nc(-c3ccccc3)sc2C)c2cc(C(=O)O)ccc2c2ccc(C(=O)O)cc12. The second-order valence-corrected chi connectivity index (χ2v) is 12.9. The van der Waals surface area contributed by atoms with Gasteiger partial charge in [-0.15, -0.1) is 22.7 Å². The minimum Gasteiger partial charge on any atom is -0.478 e. The average Bonchev–Trinajstić information content (AvgIpc) is 3.62. The van der Waals surface area contributed by atoms with Crippen LogP contribution in [-0.4, -0.2) is 32.1 Å². The number of carbonyl (C=O) groups is 2. The maximum Gasteiger partial charge on any atom is 0.335 e. The first-order valence-corrected chi connectivity index (χ1v) is 15.5. The van der Waals surface area contributed by atoms with Crippen LogP contribution in [0.25, 0.3) is 65.2 Å². The molecule has 0 atom stereocenters. The molecule has 6 nitrogen and oxygen atoms in total. The maximum absolute atomic E-state index is 12.2. The summed E-state index contributed by atoms with van der Waals surface area (Å²) in [6.45, 7) is 4.02. The van der Waals surface area contributed by atoms with Gasteiger partial charge in [0, 0.05) is 32.0 Å². The minimum absolute atomic E-state index is 0.155. The Balaban J connectivity index is 1.66. The van der Waals surface area contributed by atoms with Crippen molar-refractivity contribution in [2.24, 2.45) is 0 Å². The zero-order valence-electron chi connectivity index (χ0n) is 23.7. The van der Waals surface area contributed by atoms with Crippen LogP contribution in [0.15, 0.2) is 97.1 Å². The molecule has 0 aliphatic carbocycles. The molecule has 0 spiro atoms. The van der Waals surface area contributed by atoms with E-state index >= 15 is 0 Å².